The zero-order chi connectivity index (χ0) is 27.9. The van der Waals surface area contributed by atoms with Crippen LogP contribution in [-0.2, 0) is 14.3 Å². The maximum atomic E-state index is 13.4. The predicted molar refractivity (Wildman–Crippen MR) is 150 cm³/mol. The van der Waals surface area contributed by atoms with Crippen molar-refractivity contribution in [3.05, 3.63) is 95.1 Å². The van der Waals surface area contributed by atoms with Gasteiger partial charge in [0, 0.05) is 25.8 Å². The molecule has 4 rings (SSSR count). The number of hydrogen-bond donors (Lipinski definition) is 1. The summed E-state index contributed by atoms with van der Waals surface area (Å²) < 4.78 is 17.1. The number of para-hydroxylation sites is 1. The smallest absolute Gasteiger partial charge is 0.295 e. The number of ketones is 1. The van der Waals surface area contributed by atoms with Crippen LogP contribution in [0.4, 0.5) is 0 Å². The maximum Gasteiger partial charge on any atom is 0.295 e. The van der Waals surface area contributed by atoms with Crippen molar-refractivity contribution in [1.82, 2.24) is 4.90 Å². The number of rotatable bonds is 11. The number of benzene rings is 3. The van der Waals surface area contributed by atoms with E-state index in [9.17, 15) is 14.7 Å². The molecule has 3 aromatic carbocycles. The Hall–Kier alpha value is -4.10. The van der Waals surface area contributed by atoms with Crippen LogP contribution in [0.3, 0.4) is 0 Å². The van der Waals surface area contributed by atoms with Crippen LogP contribution in [0.1, 0.15) is 43.0 Å². The zero-order valence-corrected chi connectivity index (χ0v) is 22.8. The highest BCUT2D eigenvalue weighted by Gasteiger charge is 2.46. The van der Waals surface area contributed by atoms with Gasteiger partial charge in [-0.3, -0.25) is 9.59 Å². The Labute approximate surface area is 229 Å². The maximum absolute atomic E-state index is 13.4. The number of hydrogen-bond acceptors (Lipinski definition) is 6. The van der Waals surface area contributed by atoms with Crippen molar-refractivity contribution in [3.8, 4) is 17.2 Å². The highest BCUT2D eigenvalue weighted by atomic mass is 16.5. The van der Waals surface area contributed by atoms with E-state index in [-0.39, 0.29) is 11.3 Å². The van der Waals surface area contributed by atoms with Crippen LogP contribution < -0.4 is 9.47 Å². The molecule has 0 aliphatic carbocycles. The van der Waals surface area contributed by atoms with E-state index in [0.717, 1.165) is 5.56 Å². The SMILES string of the molecule is COCCCN1C(=O)C(=O)/C(=C(/O)c2ccc(OCC(C)C)c(C)c2)C1c1cccc(Oc2ccccc2)c1. The van der Waals surface area contributed by atoms with Crippen LogP contribution in [0.25, 0.3) is 5.76 Å². The molecule has 1 N–H and O–H groups in total. The van der Waals surface area contributed by atoms with E-state index in [2.05, 4.69) is 13.8 Å². The zero-order valence-electron chi connectivity index (χ0n) is 22.8. The summed E-state index contributed by atoms with van der Waals surface area (Å²) >= 11 is 0. The fraction of sp³-hybridized carbons (Fsp3) is 0.312. The van der Waals surface area contributed by atoms with E-state index >= 15 is 0 Å². The normalized spacial score (nSPS) is 16.6. The van der Waals surface area contributed by atoms with Crippen LogP contribution in [0.2, 0.25) is 0 Å². The Balaban J connectivity index is 1.75. The molecule has 0 spiro atoms. The molecule has 1 heterocycles. The van der Waals surface area contributed by atoms with Gasteiger partial charge < -0.3 is 24.2 Å². The third kappa shape index (κ3) is 6.49. The number of carbonyl (C=O) groups is 2. The first kappa shape index (κ1) is 27.9. The molecule has 1 fully saturated rings. The molecular formula is C32H35NO6. The number of likely N-dealkylation sites (tertiary alicyclic amines) is 1. The lowest BCUT2D eigenvalue weighted by atomic mass is 9.94. The van der Waals surface area contributed by atoms with Crippen LogP contribution in [0, 0.1) is 12.8 Å². The Morgan fingerprint density at radius 3 is 2.41 bits per heavy atom. The molecule has 1 atom stereocenters. The molecule has 7 nitrogen and oxygen atoms in total. The minimum atomic E-state index is -0.779. The number of aliphatic hydroxyl groups is 1. The third-order valence-corrected chi connectivity index (χ3v) is 6.46. The van der Waals surface area contributed by atoms with Gasteiger partial charge in [0.15, 0.2) is 0 Å². The second kappa shape index (κ2) is 12.6. The molecule has 0 bridgehead atoms. The van der Waals surface area contributed by atoms with E-state index in [0.29, 0.717) is 60.5 Å². The van der Waals surface area contributed by atoms with Crippen LogP contribution in [-0.4, -0.2) is 48.6 Å². The van der Waals surface area contributed by atoms with E-state index in [4.69, 9.17) is 14.2 Å². The van der Waals surface area contributed by atoms with Crippen molar-refractivity contribution in [2.45, 2.75) is 33.2 Å². The Morgan fingerprint density at radius 2 is 1.72 bits per heavy atom. The molecule has 1 aliphatic rings. The average Bonchev–Trinajstić information content (AvgIpc) is 3.18. The highest BCUT2D eigenvalue weighted by molar-refractivity contribution is 6.46. The molecule has 0 aromatic heterocycles. The molecular weight excluding hydrogens is 494 g/mol. The summed E-state index contributed by atoms with van der Waals surface area (Å²) in [5.74, 6) is 0.710. The fourth-order valence-electron chi connectivity index (χ4n) is 4.58. The number of amides is 1. The molecule has 7 heteroatoms. The Bertz CT molecular complexity index is 1350. The van der Waals surface area contributed by atoms with Crippen LogP contribution in [0.5, 0.6) is 17.2 Å². The molecule has 1 unspecified atom stereocenters. The van der Waals surface area contributed by atoms with Gasteiger partial charge in [0.25, 0.3) is 11.7 Å². The standard InChI is InChI=1S/C32H35NO6/c1-21(2)20-38-27-15-14-24(18-22(27)3)30(34)28-29(33(16-9-17-37-4)32(36)31(28)35)23-10-8-13-26(19-23)39-25-11-6-5-7-12-25/h5-8,10-15,18-19,21,29,34H,9,16-17,20H2,1-4H3/b30-28+. The van der Waals surface area contributed by atoms with E-state index in [1.807, 2.05) is 55.5 Å². The van der Waals surface area contributed by atoms with E-state index in [1.54, 1.807) is 31.4 Å². The van der Waals surface area contributed by atoms with Crippen molar-refractivity contribution in [2.75, 3.05) is 26.9 Å². The topological polar surface area (TPSA) is 85.3 Å². The van der Waals surface area contributed by atoms with E-state index < -0.39 is 17.7 Å². The fourth-order valence-corrected chi connectivity index (χ4v) is 4.58. The van der Waals surface area contributed by atoms with Gasteiger partial charge in [-0.15, -0.1) is 0 Å². The monoisotopic (exact) mass is 529 g/mol. The summed E-state index contributed by atoms with van der Waals surface area (Å²) in [7, 11) is 1.59. The predicted octanol–water partition coefficient (Wildman–Crippen LogP) is 6.28. The lowest BCUT2D eigenvalue weighted by molar-refractivity contribution is -0.140. The van der Waals surface area contributed by atoms with Gasteiger partial charge in [-0.05, 0) is 72.9 Å². The first-order valence-electron chi connectivity index (χ1n) is 13.1. The van der Waals surface area contributed by atoms with Gasteiger partial charge in [0.2, 0.25) is 0 Å². The quantitative estimate of drug-likeness (QED) is 0.136. The lowest BCUT2D eigenvalue weighted by Gasteiger charge is -2.25. The Kier molecular flexibility index (Phi) is 9.04. The third-order valence-electron chi connectivity index (χ3n) is 6.46. The number of nitrogens with zero attached hydrogens (tertiary/aromatic N) is 1. The second-order valence-corrected chi connectivity index (χ2v) is 10.0. The lowest BCUT2D eigenvalue weighted by Crippen LogP contribution is -2.31. The molecule has 1 saturated heterocycles. The highest BCUT2D eigenvalue weighted by Crippen LogP contribution is 2.41. The average molecular weight is 530 g/mol. The molecule has 3 aromatic rings. The largest absolute Gasteiger partial charge is 0.507 e. The van der Waals surface area contributed by atoms with Gasteiger partial charge in [-0.25, -0.2) is 0 Å². The summed E-state index contributed by atoms with van der Waals surface area (Å²) in [5, 5.41) is 11.5. The summed E-state index contributed by atoms with van der Waals surface area (Å²) in [6.45, 7) is 7.33. The van der Waals surface area contributed by atoms with Gasteiger partial charge >= 0.3 is 0 Å². The summed E-state index contributed by atoms with van der Waals surface area (Å²) in [6.07, 6.45) is 0.543. The van der Waals surface area contributed by atoms with Gasteiger partial charge in [0.1, 0.15) is 23.0 Å². The number of ether oxygens (including phenoxy) is 3. The first-order chi connectivity index (χ1) is 18.8. The number of Topliss-reactive ketones (excluding diaryl/α,β-unsaturated/α-hetero) is 1. The molecule has 39 heavy (non-hydrogen) atoms. The van der Waals surface area contributed by atoms with Crippen LogP contribution in [0.15, 0.2) is 78.4 Å². The minimum Gasteiger partial charge on any atom is -0.507 e. The molecule has 0 radical (unpaired) electrons. The summed E-state index contributed by atoms with van der Waals surface area (Å²) in [6, 6.07) is 21.1. The number of aryl methyl sites for hydroxylation is 1. The minimum absolute atomic E-state index is 0.0459. The second-order valence-electron chi connectivity index (χ2n) is 10.0. The van der Waals surface area contributed by atoms with Crippen LogP contribution >= 0.6 is 0 Å². The Morgan fingerprint density at radius 1 is 0.974 bits per heavy atom. The first-order valence-corrected chi connectivity index (χ1v) is 13.1. The van der Waals surface area contributed by atoms with Gasteiger partial charge in [-0.1, -0.05) is 44.2 Å². The van der Waals surface area contributed by atoms with Crippen molar-refractivity contribution < 1.29 is 28.9 Å². The molecule has 204 valence electrons. The number of methoxy groups -OCH3 is 1. The summed E-state index contributed by atoms with van der Waals surface area (Å²) in [4.78, 5) is 28.1. The molecule has 0 saturated carbocycles. The van der Waals surface area contributed by atoms with Crippen molar-refractivity contribution in [3.63, 3.8) is 0 Å². The number of carbonyl (C=O) groups excluding carboxylic acids is 2. The number of aliphatic hydroxyl groups excluding tert-OH is 1. The van der Waals surface area contributed by atoms with Crippen molar-refractivity contribution in [2.24, 2.45) is 5.92 Å². The van der Waals surface area contributed by atoms with Gasteiger partial charge in [0.05, 0.1) is 18.2 Å². The summed E-state index contributed by atoms with van der Waals surface area (Å²) in [5.41, 5.74) is 1.98. The van der Waals surface area contributed by atoms with Crippen molar-refractivity contribution >= 4 is 17.4 Å². The van der Waals surface area contributed by atoms with E-state index in [1.165, 1.54) is 4.90 Å². The molecule has 1 aliphatic heterocycles. The van der Waals surface area contributed by atoms with Gasteiger partial charge in [-0.2, -0.15) is 0 Å². The molecule has 1 amide bonds. The van der Waals surface area contributed by atoms with Crippen molar-refractivity contribution in [1.29, 1.82) is 0 Å².